The molecule has 2 aliphatic carbocycles. The number of hydrogen-bond acceptors (Lipinski definition) is 1. The second kappa shape index (κ2) is 4.32. The maximum atomic E-state index is 12.4. The van der Waals surface area contributed by atoms with Crippen LogP contribution in [0.25, 0.3) is 0 Å². The molecule has 4 unspecified atom stereocenters. The number of hydrogen-bond donors (Lipinski definition) is 0. The van der Waals surface area contributed by atoms with Crippen molar-refractivity contribution >= 4 is 21.8 Å². The molecule has 3 heteroatoms. The first-order valence-electron chi connectivity index (χ1n) is 6.67. The minimum Gasteiger partial charge on any atom is -0.341 e. The van der Waals surface area contributed by atoms with Crippen LogP contribution in [-0.4, -0.2) is 28.7 Å². The second-order valence-electron chi connectivity index (χ2n) is 5.81. The maximum absolute atomic E-state index is 12.4. The van der Waals surface area contributed by atoms with Crippen molar-refractivity contribution in [2.45, 2.75) is 43.4 Å². The van der Waals surface area contributed by atoms with Gasteiger partial charge in [0.05, 0.1) is 0 Å². The molecule has 1 heterocycles. The van der Waals surface area contributed by atoms with E-state index in [1.165, 1.54) is 38.5 Å². The van der Waals surface area contributed by atoms with Crippen LogP contribution < -0.4 is 0 Å². The molecule has 1 amide bonds. The molecule has 3 fully saturated rings. The van der Waals surface area contributed by atoms with Gasteiger partial charge in [0.15, 0.2) is 0 Å². The van der Waals surface area contributed by atoms with Crippen molar-refractivity contribution in [1.29, 1.82) is 0 Å². The Hall–Kier alpha value is -0.0500. The largest absolute Gasteiger partial charge is 0.341 e. The molecule has 0 spiro atoms. The third kappa shape index (κ3) is 1.92. The first-order valence-corrected chi connectivity index (χ1v) is 7.58. The molecule has 90 valence electrons. The molecule has 0 aromatic rings. The Morgan fingerprint density at radius 2 is 2.06 bits per heavy atom. The fourth-order valence-electron chi connectivity index (χ4n) is 3.91. The van der Waals surface area contributed by atoms with E-state index < -0.39 is 0 Å². The summed E-state index contributed by atoms with van der Waals surface area (Å²) in [5, 5.41) is 0. The van der Waals surface area contributed by atoms with Gasteiger partial charge in [0, 0.05) is 23.8 Å². The van der Waals surface area contributed by atoms with Crippen molar-refractivity contribution in [1.82, 2.24) is 4.90 Å². The molecule has 3 aliphatic rings. The van der Waals surface area contributed by atoms with Crippen molar-refractivity contribution < 1.29 is 4.79 Å². The Morgan fingerprint density at radius 1 is 1.19 bits per heavy atom. The van der Waals surface area contributed by atoms with Crippen LogP contribution in [0.5, 0.6) is 0 Å². The lowest BCUT2D eigenvalue weighted by Gasteiger charge is -2.34. The van der Waals surface area contributed by atoms with Gasteiger partial charge in [-0.2, -0.15) is 0 Å². The summed E-state index contributed by atoms with van der Waals surface area (Å²) in [7, 11) is 0. The molecule has 0 aromatic carbocycles. The van der Waals surface area contributed by atoms with Crippen LogP contribution in [0.3, 0.4) is 0 Å². The number of alkyl halides is 1. The molecular formula is C13H20BrNO. The van der Waals surface area contributed by atoms with E-state index in [9.17, 15) is 4.79 Å². The Kier molecular flexibility index (Phi) is 2.99. The van der Waals surface area contributed by atoms with Gasteiger partial charge in [-0.15, -0.1) is 0 Å². The summed E-state index contributed by atoms with van der Waals surface area (Å²) in [6.07, 6.45) is 7.61. The molecule has 1 aliphatic heterocycles. The monoisotopic (exact) mass is 285 g/mol. The van der Waals surface area contributed by atoms with Gasteiger partial charge < -0.3 is 4.90 Å². The minimum absolute atomic E-state index is 0.386. The Balaban J connectivity index is 1.64. The van der Waals surface area contributed by atoms with Gasteiger partial charge in [0.2, 0.25) is 5.91 Å². The van der Waals surface area contributed by atoms with Crippen molar-refractivity contribution in [2.24, 2.45) is 17.8 Å². The number of halogens is 1. The zero-order chi connectivity index (χ0) is 11.1. The standard InChI is InChI=1S/C13H20BrNO/c14-11-2-1-5-15(8-11)13(16)12-7-9-3-4-10(12)6-9/h9-12H,1-8H2. The van der Waals surface area contributed by atoms with Gasteiger partial charge >= 0.3 is 0 Å². The first kappa shape index (κ1) is 11.1. The van der Waals surface area contributed by atoms with Crippen LogP contribution in [0, 0.1) is 17.8 Å². The van der Waals surface area contributed by atoms with Crippen LogP contribution in [0.2, 0.25) is 0 Å². The number of piperidine rings is 1. The number of carbonyl (C=O) groups is 1. The van der Waals surface area contributed by atoms with Gasteiger partial charge in [-0.05, 0) is 43.9 Å². The number of nitrogens with zero attached hydrogens (tertiary/aromatic N) is 1. The normalized spacial score (nSPS) is 42.7. The van der Waals surface area contributed by atoms with E-state index in [0.29, 0.717) is 16.7 Å². The maximum Gasteiger partial charge on any atom is 0.226 e. The van der Waals surface area contributed by atoms with E-state index in [1.54, 1.807) is 0 Å². The summed E-state index contributed by atoms with van der Waals surface area (Å²) in [4.78, 5) is 15.1. The summed E-state index contributed by atoms with van der Waals surface area (Å²) < 4.78 is 0. The third-order valence-electron chi connectivity index (χ3n) is 4.73. The average Bonchev–Trinajstić information content (AvgIpc) is 2.89. The highest BCUT2D eigenvalue weighted by Crippen LogP contribution is 2.49. The van der Waals surface area contributed by atoms with E-state index in [4.69, 9.17) is 0 Å². The molecule has 4 atom stereocenters. The molecule has 3 rings (SSSR count). The van der Waals surface area contributed by atoms with E-state index >= 15 is 0 Å². The predicted molar refractivity (Wildman–Crippen MR) is 67.5 cm³/mol. The quantitative estimate of drug-likeness (QED) is 0.679. The SMILES string of the molecule is O=C(C1CC2CCC1C2)N1CCCC(Br)C1. The topological polar surface area (TPSA) is 20.3 Å². The highest BCUT2D eigenvalue weighted by atomic mass is 79.9. The first-order chi connectivity index (χ1) is 7.74. The zero-order valence-electron chi connectivity index (χ0n) is 9.70. The van der Waals surface area contributed by atoms with Gasteiger partial charge in [0.25, 0.3) is 0 Å². The minimum atomic E-state index is 0.386. The van der Waals surface area contributed by atoms with Crippen molar-refractivity contribution in [3.63, 3.8) is 0 Å². The molecule has 1 saturated heterocycles. The molecule has 0 N–H and O–H groups in total. The summed E-state index contributed by atoms with van der Waals surface area (Å²) in [6.45, 7) is 1.93. The number of fused-ring (bicyclic) bond motifs is 2. The number of amides is 1. The van der Waals surface area contributed by atoms with E-state index in [2.05, 4.69) is 20.8 Å². The van der Waals surface area contributed by atoms with Crippen molar-refractivity contribution in [2.75, 3.05) is 13.1 Å². The van der Waals surface area contributed by atoms with Crippen LogP contribution in [0.1, 0.15) is 38.5 Å². The highest BCUT2D eigenvalue weighted by molar-refractivity contribution is 9.09. The van der Waals surface area contributed by atoms with E-state index in [-0.39, 0.29) is 0 Å². The van der Waals surface area contributed by atoms with Crippen LogP contribution in [0.4, 0.5) is 0 Å². The van der Waals surface area contributed by atoms with Gasteiger partial charge in [-0.25, -0.2) is 0 Å². The van der Waals surface area contributed by atoms with Gasteiger partial charge in [-0.1, -0.05) is 22.4 Å². The van der Waals surface area contributed by atoms with Crippen LogP contribution >= 0.6 is 15.9 Å². The van der Waals surface area contributed by atoms with Gasteiger partial charge in [0.1, 0.15) is 0 Å². The van der Waals surface area contributed by atoms with E-state index in [1.807, 2.05) is 0 Å². The fourth-order valence-corrected chi connectivity index (χ4v) is 4.58. The van der Waals surface area contributed by atoms with E-state index in [0.717, 1.165) is 24.9 Å². The second-order valence-corrected chi connectivity index (χ2v) is 7.10. The number of carbonyl (C=O) groups excluding carboxylic acids is 1. The van der Waals surface area contributed by atoms with Gasteiger partial charge in [-0.3, -0.25) is 4.79 Å². The molecule has 2 nitrogen and oxygen atoms in total. The molecule has 16 heavy (non-hydrogen) atoms. The lowest BCUT2D eigenvalue weighted by molar-refractivity contribution is -0.138. The molecular weight excluding hydrogens is 266 g/mol. The smallest absolute Gasteiger partial charge is 0.226 e. The third-order valence-corrected chi connectivity index (χ3v) is 5.48. The summed E-state index contributed by atoms with van der Waals surface area (Å²) in [5.74, 6) is 2.46. The van der Waals surface area contributed by atoms with Crippen LogP contribution in [0.15, 0.2) is 0 Å². The molecule has 2 bridgehead atoms. The predicted octanol–water partition coefficient (Wildman–Crippen LogP) is 2.81. The lowest BCUT2D eigenvalue weighted by Crippen LogP contribution is -2.44. The van der Waals surface area contributed by atoms with Crippen molar-refractivity contribution in [3.8, 4) is 0 Å². The summed E-state index contributed by atoms with van der Waals surface area (Å²) in [5.41, 5.74) is 0. The highest BCUT2D eigenvalue weighted by Gasteiger charge is 2.44. The fraction of sp³-hybridized carbons (Fsp3) is 0.923. The lowest BCUT2D eigenvalue weighted by atomic mass is 9.87. The molecule has 2 saturated carbocycles. The van der Waals surface area contributed by atoms with Crippen LogP contribution in [-0.2, 0) is 4.79 Å². The molecule has 0 radical (unpaired) electrons. The number of rotatable bonds is 1. The Bertz CT molecular complexity index is 294. The summed E-state index contributed by atoms with van der Waals surface area (Å²) >= 11 is 3.65. The molecule has 0 aromatic heterocycles. The average molecular weight is 286 g/mol. The zero-order valence-corrected chi connectivity index (χ0v) is 11.3. The Labute approximate surface area is 106 Å². The van der Waals surface area contributed by atoms with Crippen molar-refractivity contribution in [3.05, 3.63) is 0 Å². The Morgan fingerprint density at radius 3 is 2.69 bits per heavy atom. The number of likely N-dealkylation sites (tertiary alicyclic amines) is 1. The summed E-state index contributed by atoms with van der Waals surface area (Å²) in [6, 6.07) is 0.